The summed E-state index contributed by atoms with van der Waals surface area (Å²) in [6.07, 6.45) is 1.19. The lowest BCUT2D eigenvalue weighted by atomic mass is 10.1. The van der Waals surface area contributed by atoms with Crippen LogP contribution in [0.15, 0.2) is 29.3 Å². The zero-order valence-electron chi connectivity index (χ0n) is 14.9. The lowest BCUT2D eigenvalue weighted by Gasteiger charge is -2.19. The average Bonchev–Trinajstić information content (AvgIpc) is 3.05. The molecular formula is C18H29FN4O. The van der Waals surface area contributed by atoms with Crippen LogP contribution in [0.25, 0.3) is 0 Å². The number of ether oxygens (including phenoxy) is 1. The second-order valence-electron chi connectivity index (χ2n) is 6.26. The minimum atomic E-state index is -0.258. The van der Waals surface area contributed by atoms with Crippen molar-refractivity contribution in [3.63, 3.8) is 0 Å². The summed E-state index contributed by atoms with van der Waals surface area (Å²) >= 11 is 0. The van der Waals surface area contributed by atoms with Gasteiger partial charge in [-0.15, -0.1) is 0 Å². The van der Waals surface area contributed by atoms with Gasteiger partial charge in [-0.05, 0) is 56.6 Å². The van der Waals surface area contributed by atoms with Gasteiger partial charge in [-0.3, -0.25) is 4.99 Å². The Morgan fingerprint density at radius 3 is 2.75 bits per heavy atom. The van der Waals surface area contributed by atoms with Crippen molar-refractivity contribution in [1.82, 2.24) is 15.5 Å². The van der Waals surface area contributed by atoms with Crippen molar-refractivity contribution in [2.24, 2.45) is 10.9 Å². The van der Waals surface area contributed by atoms with Crippen LogP contribution in [0.5, 0.6) is 5.75 Å². The van der Waals surface area contributed by atoms with Gasteiger partial charge in [-0.1, -0.05) is 6.92 Å². The fourth-order valence-corrected chi connectivity index (χ4v) is 2.86. The standard InChI is InChI=1S/C18H29FN4O/c1-4-23-10-9-15(13-23)12-22-18(20-3)21-11-14(2)24-17-7-5-16(19)6-8-17/h5-8,14-15H,4,9-13H2,1-3H3,(H2,20,21,22). The Kier molecular flexibility index (Phi) is 7.31. The Bertz CT molecular complexity index is 520. The quantitative estimate of drug-likeness (QED) is 0.591. The van der Waals surface area contributed by atoms with Gasteiger partial charge in [0.15, 0.2) is 5.96 Å². The highest BCUT2D eigenvalue weighted by Crippen LogP contribution is 2.14. The monoisotopic (exact) mass is 336 g/mol. The third-order valence-electron chi connectivity index (χ3n) is 4.31. The summed E-state index contributed by atoms with van der Waals surface area (Å²) in [6.45, 7) is 9.22. The highest BCUT2D eigenvalue weighted by Gasteiger charge is 2.21. The number of aliphatic imine (C=N–C) groups is 1. The van der Waals surface area contributed by atoms with Crippen LogP contribution in [0.4, 0.5) is 4.39 Å². The molecule has 6 heteroatoms. The fourth-order valence-electron chi connectivity index (χ4n) is 2.86. The number of benzene rings is 1. The van der Waals surface area contributed by atoms with Gasteiger partial charge in [-0.25, -0.2) is 4.39 Å². The smallest absolute Gasteiger partial charge is 0.191 e. The van der Waals surface area contributed by atoms with E-state index in [1.807, 2.05) is 6.92 Å². The van der Waals surface area contributed by atoms with Crippen LogP contribution in [0.3, 0.4) is 0 Å². The van der Waals surface area contributed by atoms with Crippen LogP contribution in [-0.2, 0) is 0 Å². The maximum Gasteiger partial charge on any atom is 0.191 e. The highest BCUT2D eigenvalue weighted by atomic mass is 19.1. The van der Waals surface area contributed by atoms with Crippen LogP contribution in [-0.4, -0.2) is 56.7 Å². The molecule has 134 valence electrons. The topological polar surface area (TPSA) is 48.9 Å². The van der Waals surface area contributed by atoms with E-state index < -0.39 is 0 Å². The number of hydrogen-bond donors (Lipinski definition) is 2. The Morgan fingerprint density at radius 2 is 2.12 bits per heavy atom. The number of hydrogen-bond acceptors (Lipinski definition) is 3. The molecule has 0 spiro atoms. The SMILES string of the molecule is CCN1CCC(CNC(=NC)NCC(C)Oc2ccc(F)cc2)C1. The molecule has 2 N–H and O–H groups in total. The van der Waals surface area contributed by atoms with Crippen LogP contribution in [0.1, 0.15) is 20.3 Å². The third-order valence-corrected chi connectivity index (χ3v) is 4.31. The zero-order chi connectivity index (χ0) is 17.4. The first-order chi connectivity index (χ1) is 11.6. The molecule has 5 nitrogen and oxygen atoms in total. The van der Waals surface area contributed by atoms with Crippen molar-refractivity contribution in [3.05, 3.63) is 30.1 Å². The summed E-state index contributed by atoms with van der Waals surface area (Å²) in [7, 11) is 1.77. The number of nitrogens with zero attached hydrogens (tertiary/aromatic N) is 2. The maximum absolute atomic E-state index is 12.9. The summed E-state index contributed by atoms with van der Waals surface area (Å²) < 4.78 is 18.6. The molecule has 1 fully saturated rings. The number of halogens is 1. The molecular weight excluding hydrogens is 307 g/mol. The molecule has 1 saturated heterocycles. The van der Waals surface area contributed by atoms with Crippen LogP contribution in [0, 0.1) is 11.7 Å². The number of rotatable bonds is 7. The normalized spacial score (nSPS) is 20.0. The first-order valence-electron chi connectivity index (χ1n) is 8.69. The molecule has 24 heavy (non-hydrogen) atoms. The van der Waals surface area contributed by atoms with E-state index in [0.29, 0.717) is 18.2 Å². The van der Waals surface area contributed by atoms with Gasteiger partial charge in [0.1, 0.15) is 17.7 Å². The van der Waals surface area contributed by atoms with Gasteiger partial charge in [0, 0.05) is 20.1 Å². The van der Waals surface area contributed by atoms with Crippen molar-refractivity contribution in [3.8, 4) is 5.75 Å². The minimum absolute atomic E-state index is 0.0453. The molecule has 1 aromatic rings. The van der Waals surface area contributed by atoms with Crippen LogP contribution in [0.2, 0.25) is 0 Å². The molecule has 1 aliphatic heterocycles. The summed E-state index contributed by atoms with van der Waals surface area (Å²) in [6, 6.07) is 6.07. The largest absolute Gasteiger partial charge is 0.489 e. The third kappa shape index (κ3) is 6.00. The summed E-state index contributed by atoms with van der Waals surface area (Å²) in [4.78, 5) is 6.73. The van der Waals surface area contributed by atoms with Gasteiger partial charge in [-0.2, -0.15) is 0 Å². The van der Waals surface area contributed by atoms with E-state index in [1.165, 1.54) is 25.1 Å². The molecule has 1 heterocycles. The molecule has 0 bridgehead atoms. The molecule has 1 aliphatic rings. The lowest BCUT2D eigenvalue weighted by molar-refractivity contribution is 0.223. The molecule has 2 unspecified atom stereocenters. The fraction of sp³-hybridized carbons (Fsp3) is 0.611. The lowest BCUT2D eigenvalue weighted by Crippen LogP contribution is -2.43. The molecule has 0 amide bonds. The number of guanidine groups is 1. The van der Waals surface area contributed by atoms with Gasteiger partial charge in [0.25, 0.3) is 0 Å². The van der Waals surface area contributed by atoms with E-state index in [2.05, 4.69) is 27.4 Å². The van der Waals surface area contributed by atoms with Gasteiger partial charge in [0.05, 0.1) is 6.54 Å². The number of nitrogens with one attached hydrogen (secondary N) is 2. The van der Waals surface area contributed by atoms with E-state index in [1.54, 1.807) is 19.2 Å². The molecule has 0 radical (unpaired) electrons. The summed E-state index contributed by atoms with van der Waals surface area (Å²) in [5, 5.41) is 6.67. The Labute approximate surface area is 144 Å². The molecule has 0 aromatic heterocycles. The van der Waals surface area contributed by atoms with Gasteiger partial charge >= 0.3 is 0 Å². The van der Waals surface area contributed by atoms with Crippen molar-refractivity contribution < 1.29 is 9.13 Å². The zero-order valence-corrected chi connectivity index (χ0v) is 14.9. The Morgan fingerprint density at radius 1 is 1.38 bits per heavy atom. The van der Waals surface area contributed by atoms with E-state index >= 15 is 0 Å². The molecule has 1 aromatic carbocycles. The number of likely N-dealkylation sites (tertiary alicyclic amines) is 1. The van der Waals surface area contributed by atoms with Gasteiger partial charge < -0.3 is 20.3 Å². The van der Waals surface area contributed by atoms with E-state index in [0.717, 1.165) is 25.6 Å². The molecule has 2 rings (SSSR count). The van der Waals surface area contributed by atoms with Crippen molar-refractivity contribution >= 4 is 5.96 Å². The molecule has 2 atom stereocenters. The van der Waals surface area contributed by atoms with Crippen LogP contribution < -0.4 is 15.4 Å². The van der Waals surface area contributed by atoms with Gasteiger partial charge in [0.2, 0.25) is 0 Å². The molecule has 0 aliphatic carbocycles. The maximum atomic E-state index is 12.9. The highest BCUT2D eigenvalue weighted by molar-refractivity contribution is 5.79. The Balaban J connectivity index is 1.68. The second kappa shape index (κ2) is 9.47. The predicted octanol–water partition coefficient (Wildman–Crippen LogP) is 2.10. The Hall–Kier alpha value is -1.82. The molecule has 0 saturated carbocycles. The summed E-state index contributed by atoms with van der Waals surface area (Å²) in [5.41, 5.74) is 0. The minimum Gasteiger partial charge on any atom is -0.489 e. The van der Waals surface area contributed by atoms with E-state index in [-0.39, 0.29) is 11.9 Å². The first-order valence-corrected chi connectivity index (χ1v) is 8.69. The average molecular weight is 336 g/mol. The summed E-state index contributed by atoms with van der Waals surface area (Å²) in [5.74, 6) is 1.88. The van der Waals surface area contributed by atoms with E-state index in [4.69, 9.17) is 4.74 Å². The second-order valence-corrected chi connectivity index (χ2v) is 6.26. The predicted molar refractivity (Wildman–Crippen MR) is 96.1 cm³/mol. The van der Waals surface area contributed by atoms with Crippen molar-refractivity contribution in [1.29, 1.82) is 0 Å². The van der Waals surface area contributed by atoms with Crippen LogP contribution >= 0.6 is 0 Å². The first kappa shape index (κ1) is 18.5. The van der Waals surface area contributed by atoms with E-state index in [9.17, 15) is 4.39 Å². The van der Waals surface area contributed by atoms with Crippen molar-refractivity contribution in [2.75, 3.05) is 39.8 Å². The van der Waals surface area contributed by atoms with Crippen molar-refractivity contribution in [2.45, 2.75) is 26.4 Å².